The van der Waals surface area contributed by atoms with Gasteiger partial charge >= 0.3 is 12.0 Å². The predicted molar refractivity (Wildman–Crippen MR) is 98.5 cm³/mol. The molecule has 0 unspecified atom stereocenters. The minimum atomic E-state index is -1.21. The molecule has 0 fully saturated rings. The monoisotopic (exact) mass is 368 g/mol. The molecule has 0 aliphatic rings. The van der Waals surface area contributed by atoms with Crippen LogP contribution in [0, 0.1) is 6.92 Å². The number of amides is 3. The Hall–Kier alpha value is -3.48. The SMILES string of the molecule is CNC(=O)NC(=O)[C@@H](C)OC(=O)c1ccccc1C(=O)c1ccc(C)cc1. The first kappa shape index (κ1) is 19.8. The molecule has 0 bridgehead atoms. The lowest BCUT2D eigenvalue weighted by Crippen LogP contribution is -2.43. The van der Waals surface area contributed by atoms with Crippen molar-refractivity contribution < 1.29 is 23.9 Å². The van der Waals surface area contributed by atoms with Crippen molar-refractivity contribution in [1.82, 2.24) is 10.6 Å². The first-order valence-corrected chi connectivity index (χ1v) is 8.27. The number of urea groups is 1. The second kappa shape index (κ2) is 8.75. The molecule has 2 aromatic rings. The number of aryl methyl sites for hydroxylation is 1. The highest BCUT2D eigenvalue weighted by Gasteiger charge is 2.24. The molecule has 1 atom stereocenters. The van der Waals surface area contributed by atoms with Crippen LogP contribution in [0.3, 0.4) is 0 Å². The summed E-state index contributed by atoms with van der Waals surface area (Å²) in [6.07, 6.45) is -1.21. The average Bonchev–Trinajstić information content (AvgIpc) is 2.67. The standard InChI is InChI=1S/C20H20N2O5/c1-12-8-10-14(11-9-12)17(23)15-6-4-5-7-16(15)19(25)27-13(2)18(24)22-20(26)21-3/h4-11,13H,1-3H3,(H2,21,22,24,26)/t13-/m1/s1. The zero-order chi connectivity index (χ0) is 20.0. The van der Waals surface area contributed by atoms with E-state index in [4.69, 9.17) is 4.74 Å². The summed E-state index contributed by atoms with van der Waals surface area (Å²) >= 11 is 0. The highest BCUT2D eigenvalue weighted by atomic mass is 16.5. The van der Waals surface area contributed by atoms with Gasteiger partial charge in [0.05, 0.1) is 5.56 Å². The van der Waals surface area contributed by atoms with Crippen molar-refractivity contribution in [1.29, 1.82) is 0 Å². The van der Waals surface area contributed by atoms with Gasteiger partial charge in [-0.25, -0.2) is 9.59 Å². The largest absolute Gasteiger partial charge is 0.449 e. The molecule has 27 heavy (non-hydrogen) atoms. The molecular weight excluding hydrogens is 348 g/mol. The fourth-order valence-electron chi connectivity index (χ4n) is 2.27. The normalized spacial score (nSPS) is 11.2. The number of rotatable bonds is 5. The molecule has 0 saturated carbocycles. The highest BCUT2D eigenvalue weighted by Crippen LogP contribution is 2.17. The summed E-state index contributed by atoms with van der Waals surface area (Å²) in [6.45, 7) is 3.24. The average molecular weight is 368 g/mol. The van der Waals surface area contributed by atoms with Gasteiger partial charge in [-0.15, -0.1) is 0 Å². The fraction of sp³-hybridized carbons (Fsp3) is 0.200. The number of hydrogen-bond acceptors (Lipinski definition) is 5. The maximum absolute atomic E-state index is 12.7. The number of carbonyl (C=O) groups is 4. The van der Waals surface area contributed by atoms with E-state index in [9.17, 15) is 19.2 Å². The first-order chi connectivity index (χ1) is 12.8. The number of hydrogen-bond donors (Lipinski definition) is 2. The van der Waals surface area contributed by atoms with Crippen molar-refractivity contribution in [2.45, 2.75) is 20.0 Å². The number of benzene rings is 2. The summed E-state index contributed by atoms with van der Waals surface area (Å²) < 4.78 is 5.11. The van der Waals surface area contributed by atoms with Crippen LogP contribution in [0.1, 0.15) is 38.8 Å². The quantitative estimate of drug-likeness (QED) is 0.622. The molecule has 7 heteroatoms. The Bertz CT molecular complexity index is 874. The summed E-state index contributed by atoms with van der Waals surface area (Å²) in [4.78, 5) is 48.2. The predicted octanol–water partition coefficient (Wildman–Crippen LogP) is 2.23. The van der Waals surface area contributed by atoms with Gasteiger partial charge in [-0.05, 0) is 19.9 Å². The Kier molecular flexibility index (Phi) is 6.43. The molecule has 2 rings (SSSR count). The Morgan fingerprint density at radius 2 is 1.52 bits per heavy atom. The van der Waals surface area contributed by atoms with E-state index in [2.05, 4.69) is 5.32 Å². The molecule has 0 aliphatic carbocycles. The summed E-state index contributed by atoms with van der Waals surface area (Å²) in [5.41, 5.74) is 1.66. The van der Waals surface area contributed by atoms with Crippen LogP contribution >= 0.6 is 0 Å². The molecule has 0 spiro atoms. The Balaban J connectivity index is 2.20. The van der Waals surface area contributed by atoms with E-state index in [1.165, 1.54) is 26.1 Å². The van der Waals surface area contributed by atoms with Gasteiger partial charge in [-0.3, -0.25) is 14.9 Å². The van der Waals surface area contributed by atoms with E-state index in [1.54, 1.807) is 36.4 Å². The molecule has 7 nitrogen and oxygen atoms in total. The summed E-state index contributed by atoms with van der Waals surface area (Å²) in [5.74, 6) is -1.93. The molecule has 0 aromatic heterocycles. The van der Waals surface area contributed by atoms with Gasteiger partial charge in [0.15, 0.2) is 11.9 Å². The number of nitrogens with one attached hydrogen (secondary N) is 2. The number of carbonyl (C=O) groups excluding carboxylic acids is 4. The van der Waals surface area contributed by atoms with Crippen molar-refractivity contribution in [2.75, 3.05) is 7.05 Å². The van der Waals surface area contributed by atoms with E-state index in [0.717, 1.165) is 5.56 Å². The lowest BCUT2D eigenvalue weighted by atomic mass is 9.98. The minimum absolute atomic E-state index is 0.0441. The smallest absolute Gasteiger partial charge is 0.339 e. The zero-order valence-corrected chi connectivity index (χ0v) is 15.2. The van der Waals surface area contributed by atoms with Gasteiger partial charge in [0.25, 0.3) is 5.91 Å². The van der Waals surface area contributed by atoms with Crippen LogP contribution < -0.4 is 10.6 Å². The van der Waals surface area contributed by atoms with Crippen molar-refractivity contribution in [3.8, 4) is 0 Å². The van der Waals surface area contributed by atoms with Gasteiger partial charge in [0.1, 0.15) is 0 Å². The topological polar surface area (TPSA) is 102 Å². The van der Waals surface area contributed by atoms with Gasteiger partial charge in [0.2, 0.25) is 0 Å². The molecule has 0 radical (unpaired) electrons. The van der Waals surface area contributed by atoms with Crippen LogP contribution in [0.15, 0.2) is 48.5 Å². The fourth-order valence-corrected chi connectivity index (χ4v) is 2.27. The highest BCUT2D eigenvalue weighted by molar-refractivity contribution is 6.14. The summed E-state index contributed by atoms with van der Waals surface area (Å²) in [6, 6.07) is 12.5. The van der Waals surface area contributed by atoms with E-state index < -0.39 is 24.0 Å². The van der Waals surface area contributed by atoms with Crippen LogP contribution in [-0.4, -0.2) is 36.8 Å². The van der Waals surface area contributed by atoms with Crippen LogP contribution in [0.2, 0.25) is 0 Å². The van der Waals surface area contributed by atoms with Gasteiger partial charge in [-0.2, -0.15) is 0 Å². The Labute approximate surface area is 156 Å². The second-order valence-corrected chi connectivity index (χ2v) is 5.86. The van der Waals surface area contributed by atoms with Crippen molar-refractivity contribution >= 4 is 23.7 Å². The maximum Gasteiger partial charge on any atom is 0.339 e. The molecule has 0 heterocycles. The minimum Gasteiger partial charge on any atom is -0.449 e. The van der Waals surface area contributed by atoms with E-state index in [1.807, 2.05) is 12.2 Å². The number of ketones is 1. The summed E-state index contributed by atoms with van der Waals surface area (Å²) in [5, 5.41) is 4.25. The van der Waals surface area contributed by atoms with Crippen LogP contribution in [0.5, 0.6) is 0 Å². The first-order valence-electron chi connectivity index (χ1n) is 8.27. The molecule has 140 valence electrons. The third-order valence-corrected chi connectivity index (χ3v) is 3.82. The Morgan fingerprint density at radius 1 is 0.926 bits per heavy atom. The van der Waals surface area contributed by atoms with Crippen molar-refractivity contribution in [3.05, 3.63) is 70.8 Å². The molecule has 0 saturated heterocycles. The van der Waals surface area contributed by atoms with Crippen LogP contribution in [0.4, 0.5) is 4.79 Å². The number of esters is 1. The van der Waals surface area contributed by atoms with Crippen molar-refractivity contribution in [3.63, 3.8) is 0 Å². The van der Waals surface area contributed by atoms with E-state index in [0.29, 0.717) is 5.56 Å². The maximum atomic E-state index is 12.7. The number of ether oxygens (including phenoxy) is 1. The summed E-state index contributed by atoms with van der Waals surface area (Å²) in [7, 11) is 1.35. The van der Waals surface area contributed by atoms with Crippen LogP contribution in [0.25, 0.3) is 0 Å². The molecule has 2 N–H and O–H groups in total. The Morgan fingerprint density at radius 3 is 2.11 bits per heavy atom. The third kappa shape index (κ3) is 5.01. The lowest BCUT2D eigenvalue weighted by molar-refractivity contribution is -0.127. The van der Waals surface area contributed by atoms with E-state index >= 15 is 0 Å². The van der Waals surface area contributed by atoms with Crippen molar-refractivity contribution in [2.24, 2.45) is 0 Å². The molecule has 2 aromatic carbocycles. The number of imide groups is 1. The van der Waals surface area contributed by atoms with Gasteiger partial charge in [0, 0.05) is 18.2 Å². The second-order valence-electron chi connectivity index (χ2n) is 5.86. The zero-order valence-electron chi connectivity index (χ0n) is 15.2. The van der Waals surface area contributed by atoms with Gasteiger partial charge in [-0.1, -0.05) is 48.0 Å². The molecule has 3 amide bonds. The molecular formula is C20H20N2O5. The van der Waals surface area contributed by atoms with Gasteiger partial charge < -0.3 is 10.1 Å². The van der Waals surface area contributed by atoms with Crippen LogP contribution in [-0.2, 0) is 9.53 Å². The molecule has 0 aliphatic heterocycles. The lowest BCUT2D eigenvalue weighted by Gasteiger charge is -2.14. The third-order valence-electron chi connectivity index (χ3n) is 3.82. The van der Waals surface area contributed by atoms with E-state index in [-0.39, 0.29) is 16.9 Å².